The smallest absolute Gasteiger partial charge is 0.434 e. The number of amides is 1. The summed E-state index contributed by atoms with van der Waals surface area (Å²) >= 11 is 5.88. The zero-order valence-electron chi connectivity index (χ0n) is 13.7. The Morgan fingerprint density at radius 1 is 1.42 bits per heavy atom. The molecule has 2 heterocycles. The van der Waals surface area contributed by atoms with Crippen molar-refractivity contribution in [2.45, 2.75) is 13.1 Å². The molecule has 0 aliphatic carbocycles. The molecule has 1 atom stereocenters. The van der Waals surface area contributed by atoms with Crippen LogP contribution in [0, 0.1) is 5.92 Å². The lowest BCUT2D eigenvalue weighted by Crippen LogP contribution is -2.34. The average Bonchev–Trinajstić information content (AvgIpc) is 2.99. The van der Waals surface area contributed by atoms with E-state index in [1.165, 1.54) is 32.3 Å². The predicted molar refractivity (Wildman–Crippen MR) is 85.1 cm³/mol. The van der Waals surface area contributed by atoms with E-state index >= 15 is 0 Å². The summed E-state index contributed by atoms with van der Waals surface area (Å²) in [5.41, 5.74) is -2.06. The zero-order valence-corrected chi connectivity index (χ0v) is 14.4. The molecule has 0 aromatic carbocycles. The number of pyridine rings is 1. The highest BCUT2D eigenvalue weighted by Gasteiger charge is 2.41. The Morgan fingerprint density at radius 2 is 2.08 bits per heavy atom. The summed E-state index contributed by atoms with van der Waals surface area (Å²) in [6.45, 7) is 1.08. The molecule has 1 unspecified atom stereocenters. The maximum atomic E-state index is 13.6. The van der Waals surface area contributed by atoms with Gasteiger partial charge in [-0.3, -0.25) is 9.59 Å². The van der Waals surface area contributed by atoms with Crippen LogP contribution in [0.15, 0.2) is 24.5 Å². The van der Waals surface area contributed by atoms with Crippen LogP contribution in [-0.4, -0.2) is 50.2 Å². The molecular formula is C15H14ClF3N4O3. The van der Waals surface area contributed by atoms with Gasteiger partial charge in [0.2, 0.25) is 0 Å². The van der Waals surface area contributed by atoms with Crippen molar-refractivity contribution >= 4 is 23.5 Å². The Hall–Kier alpha value is -2.62. The molecule has 0 aliphatic rings. The Labute approximate surface area is 151 Å². The maximum Gasteiger partial charge on any atom is 0.434 e. The monoisotopic (exact) mass is 390 g/mol. The predicted octanol–water partition coefficient (Wildman–Crippen LogP) is 2.73. The number of carbonyl (C=O) groups is 2. The van der Waals surface area contributed by atoms with Crippen LogP contribution in [-0.2, 0) is 11.0 Å². The SMILES string of the molecule is CC(CN(C)C(=O)c1cnn(-c2ncccc2Cl)c1C(F)(F)F)C(=O)O. The number of carboxylic acids is 1. The van der Waals surface area contributed by atoms with Gasteiger partial charge in [-0.05, 0) is 12.1 Å². The molecule has 7 nitrogen and oxygen atoms in total. The van der Waals surface area contributed by atoms with E-state index in [4.69, 9.17) is 16.7 Å². The van der Waals surface area contributed by atoms with E-state index < -0.39 is 35.2 Å². The molecule has 140 valence electrons. The van der Waals surface area contributed by atoms with Crippen molar-refractivity contribution in [1.82, 2.24) is 19.7 Å². The summed E-state index contributed by atoms with van der Waals surface area (Å²) in [5.74, 6) is -3.40. The third kappa shape index (κ3) is 3.96. The van der Waals surface area contributed by atoms with Crippen LogP contribution in [0.1, 0.15) is 23.0 Å². The van der Waals surface area contributed by atoms with Crippen molar-refractivity contribution in [3.05, 3.63) is 40.8 Å². The molecule has 0 saturated heterocycles. The number of carbonyl (C=O) groups excluding carboxylic acids is 1. The minimum Gasteiger partial charge on any atom is -0.481 e. The second-order valence-electron chi connectivity index (χ2n) is 5.55. The third-order valence-corrected chi connectivity index (χ3v) is 3.82. The number of aliphatic carboxylic acids is 1. The van der Waals surface area contributed by atoms with Crippen LogP contribution >= 0.6 is 11.6 Å². The van der Waals surface area contributed by atoms with Crippen LogP contribution in [0.2, 0.25) is 5.02 Å². The van der Waals surface area contributed by atoms with E-state index in [0.29, 0.717) is 4.68 Å². The van der Waals surface area contributed by atoms with Gasteiger partial charge in [-0.1, -0.05) is 18.5 Å². The van der Waals surface area contributed by atoms with E-state index in [0.717, 1.165) is 11.1 Å². The first-order valence-corrected chi connectivity index (χ1v) is 7.66. The average molecular weight is 391 g/mol. The molecule has 0 aliphatic heterocycles. The summed E-state index contributed by atoms with van der Waals surface area (Å²) in [5, 5.41) is 12.4. The molecule has 2 rings (SSSR count). The number of hydrogen-bond acceptors (Lipinski definition) is 4. The Balaban J connectivity index is 2.49. The molecule has 0 radical (unpaired) electrons. The quantitative estimate of drug-likeness (QED) is 0.848. The molecule has 0 fully saturated rings. The van der Waals surface area contributed by atoms with Gasteiger partial charge in [-0.15, -0.1) is 0 Å². The minimum atomic E-state index is -4.92. The number of alkyl halides is 3. The molecule has 0 spiro atoms. The number of nitrogens with zero attached hydrogens (tertiary/aromatic N) is 4. The number of halogens is 4. The second-order valence-corrected chi connectivity index (χ2v) is 5.96. The van der Waals surface area contributed by atoms with Gasteiger partial charge >= 0.3 is 12.1 Å². The van der Waals surface area contributed by atoms with Gasteiger partial charge in [0.25, 0.3) is 5.91 Å². The van der Waals surface area contributed by atoms with Gasteiger partial charge in [-0.25, -0.2) is 9.67 Å². The van der Waals surface area contributed by atoms with E-state index in [-0.39, 0.29) is 17.4 Å². The van der Waals surface area contributed by atoms with E-state index in [9.17, 15) is 22.8 Å². The van der Waals surface area contributed by atoms with Crippen molar-refractivity contribution in [3.63, 3.8) is 0 Å². The van der Waals surface area contributed by atoms with Crippen molar-refractivity contribution in [3.8, 4) is 5.82 Å². The van der Waals surface area contributed by atoms with E-state index in [1.54, 1.807) is 0 Å². The second kappa shape index (κ2) is 7.32. The number of hydrogen-bond donors (Lipinski definition) is 1. The standard InChI is InChI=1S/C15H14ClF3N4O3/c1-8(14(25)26)7-22(2)13(24)9-6-21-23(11(9)15(17,18)19)12-10(16)4-3-5-20-12/h3-6,8H,7H2,1-2H3,(H,25,26). The molecule has 2 aromatic rings. The molecular weight excluding hydrogens is 377 g/mol. The van der Waals surface area contributed by atoms with Gasteiger partial charge in [0.1, 0.15) is 0 Å². The topological polar surface area (TPSA) is 88.3 Å². The first-order chi connectivity index (χ1) is 12.0. The van der Waals surface area contributed by atoms with Gasteiger partial charge in [0.15, 0.2) is 11.5 Å². The molecule has 1 N–H and O–H groups in total. The molecule has 0 saturated carbocycles. The highest BCUT2D eigenvalue weighted by Crippen LogP contribution is 2.35. The van der Waals surface area contributed by atoms with Gasteiger partial charge in [0.05, 0.1) is 22.7 Å². The van der Waals surface area contributed by atoms with Crippen LogP contribution in [0.3, 0.4) is 0 Å². The van der Waals surface area contributed by atoms with E-state index in [2.05, 4.69) is 10.1 Å². The summed E-state index contributed by atoms with van der Waals surface area (Å²) in [7, 11) is 1.22. The van der Waals surface area contributed by atoms with Crippen molar-refractivity contribution < 1.29 is 27.9 Å². The van der Waals surface area contributed by atoms with Gasteiger partial charge in [-0.2, -0.15) is 18.3 Å². The van der Waals surface area contributed by atoms with Crippen LogP contribution in [0.4, 0.5) is 13.2 Å². The largest absolute Gasteiger partial charge is 0.481 e. The lowest BCUT2D eigenvalue weighted by Gasteiger charge is -2.20. The third-order valence-electron chi connectivity index (χ3n) is 3.52. The molecule has 26 heavy (non-hydrogen) atoms. The van der Waals surface area contributed by atoms with Gasteiger partial charge < -0.3 is 10.0 Å². The lowest BCUT2D eigenvalue weighted by atomic mass is 10.1. The summed E-state index contributed by atoms with van der Waals surface area (Å²) in [4.78, 5) is 28.0. The van der Waals surface area contributed by atoms with Crippen molar-refractivity contribution in [2.24, 2.45) is 5.92 Å². The Morgan fingerprint density at radius 3 is 2.62 bits per heavy atom. The normalized spacial score (nSPS) is 12.7. The highest BCUT2D eigenvalue weighted by atomic mass is 35.5. The fourth-order valence-electron chi connectivity index (χ4n) is 2.25. The summed E-state index contributed by atoms with van der Waals surface area (Å²) < 4.78 is 41.2. The Bertz CT molecular complexity index is 838. The summed E-state index contributed by atoms with van der Waals surface area (Å²) in [6.07, 6.45) is -2.91. The van der Waals surface area contributed by atoms with Gasteiger partial charge in [0, 0.05) is 19.8 Å². The molecule has 0 bridgehead atoms. The van der Waals surface area contributed by atoms with Crippen LogP contribution in [0.5, 0.6) is 0 Å². The molecule has 11 heteroatoms. The van der Waals surface area contributed by atoms with E-state index in [1.807, 2.05) is 0 Å². The highest BCUT2D eigenvalue weighted by molar-refractivity contribution is 6.32. The zero-order chi connectivity index (χ0) is 19.6. The molecule has 2 aromatic heterocycles. The minimum absolute atomic E-state index is 0.0760. The molecule has 1 amide bonds. The van der Waals surface area contributed by atoms with Crippen molar-refractivity contribution in [2.75, 3.05) is 13.6 Å². The van der Waals surface area contributed by atoms with Crippen LogP contribution < -0.4 is 0 Å². The summed E-state index contributed by atoms with van der Waals surface area (Å²) in [6, 6.07) is 2.78. The number of carboxylic acid groups (broad SMARTS) is 1. The van der Waals surface area contributed by atoms with Crippen molar-refractivity contribution in [1.29, 1.82) is 0 Å². The number of aromatic nitrogens is 3. The van der Waals surface area contributed by atoms with Crippen LogP contribution in [0.25, 0.3) is 5.82 Å². The first-order valence-electron chi connectivity index (χ1n) is 7.28. The number of rotatable bonds is 5. The fraction of sp³-hybridized carbons (Fsp3) is 0.333. The first kappa shape index (κ1) is 19.7. The maximum absolute atomic E-state index is 13.6. The lowest BCUT2D eigenvalue weighted by molar-refractivity contribution is -0.144. The Kier molecular flexibility index (Phi) is 5.55. The fourth-order valence-corrected chi connectivity index (χ4v) is 2.45.